The SMILES string of the molecule is c1ccc(-c2c3ccccc3c(-c3cccc(-n4c5ccccc5c5ccc(-c6cccc7c6oc6c(-c8ccccc8)cccc67)cc54)c3)c3ccccc23)cc1. The minimum atomic E-state index is 0.905. The highest BCUT2D eigenvalue weighted by molar-refractivity contribution is 6.21. The summed E-state index contributed by atoms with van der Waals surface area (Å²) >= 11 is 0. The number of hydrogen-bond donors (Lipinski definition) is 0. The molecule has 12 rings (SSSR count). The molecule has 0 saturated heterocycles. The van der Waals surface area contributed by atoms with Crippen molar-refractivity contribution in [3.63, 3.8) is 0 Å². The topological polar surface area (TPSA) is 18.1 Å². The molecular weight excluding hydrogens is 703 g/mol. The second kappa shape index (κ2) is 12.9. The normalized spacial score (nSPS) is 11.8. The van der Waals surface area contributed by atoms with Gasteiger partial charge in [0.2, 0.25) is 0 Å². The fourth-order valence-electron chi connectivity index (χ4n) is 9.46. The number of fused-ring (bicyclic) bond motifs is 8. The Balaban J connectivity index is 1.08. The van der Waals surface area contributed by atoms with Crippen LogP contribution in [0.1, 0.15) is 0 Å². The third-order valence-corrected chi connectivity index (χ3v) is 12.0. The van der Waals surface area contributed by atoms with Gasteiger partial charge in [-0.1, -0.05) is 188 Å². The molecule has 2 heteroatoms. The molecule has 0 aliphatic carbocycles. The van der Waals surface area contributed by atoms with E-state index in [1.54, 1.807) is 0 Å². The van der Waals surface area contributed by atoms with E-state index < -0.39 is 0 Å². The molecule has 0 spiro atoms. The van der Waals surface area contributed by atoms with Crippen molar-refractivity contribution in [1.29, 1.82) is 0 Å². The van der Waals surface area contributed by atoms with E-state index in [4.69, 9.17) is 4.42 Å². The maximum absolute atomic E-state index is 6.87. The van der Waals surface area contributed by atoms with Crippen molar-refractivity contribution < 1.29 is 4.42 Å². The number of hydrogen-bond acceptors (Lipinski definition) is 1. The molecular formula is C56H35NO. The van der Waals surface area contributed by atoms with Crippen LogP contribution in [0.15, 0.2) is 217 Å². The highest BCUT2D eigenvalue weighted by Crippen LogP contribution is 2.45. The standard InChI is InChI=1S/C56H35NO/c1-3-16-36(17-4-1)41-27-14-29-49-50-30-15-28-42(56(50)58-55(41)49)38-32-33-44-43-22-11-12-31-51(43)57(52(44)35-38)40-21-13-20-39(34-40)54-47-25-9-7-23-45(47)53(37-18-5-2-6-19-37)46-24-8-10-26-48(46)54/h1-35H. The largest absolute Gasteiger partial charge is 0.455 e. The van der Waals surface area contributed by atoms with E-state index in [-0.39, 0.29) is 0 Å². The van der Waals surface area contributed by atoms with Gasteiger partial charge in [-0.05, 0) is 79.2 Å². The number of benzene rings is 10. The molecule has 0 bridgehead atoms. The van der Waals surface area contributed by atoms with Crippen LogP contribution in [0.2, 0.25) is 0 Å². The van der Waals surface area contributed by atoms with Gasteiger partial charge in [-0.15, -0.1) is 0 Å². The second-order valence-electron chi connectivity index (χ2n) is 15.2. The zero-order chi connectivity index (χ0) is 38.2. The van der Waals surface area contributed by atoms with Gasteiger partial charge in [0.05, 0.1) is 11.0 Å². The van der Waals surface area contributed by atoms with E-state index in [1.165, 1.54) is 60.1 Å². The first-order valence-corrected chi connectivity index (χ1v) is 19.9. The Morgan fingerprint density at radius 2 is 0.741 bits per heavy atom. The molecule has 0 N–H and O–H groups in total. The summed E-state index contributed by atoms with van der Waals surface area (Å²) in [4.78, 5) is 0. The Labute approximate surface area is 335 Å². The second-order valence-corrected chi connectivity index (χ2v) is 15.2. The van der Waals surface area contributed by atoms with E-state index in [0.29, 0.717) is 0 Å². The van der Waals surface area contributed by atoms with Crippen LogP contribution in [0.3, 0.4) is 0 Å². The Kier molecular flexibility index (Phi) is 7.26. The number of aromatic nitrogens is 1. The third-order valence-electron chi connectivity index (χ3n) is 12.0. The highest BCUT2D eigenvalue weighted by Gasteiger charge is 2.20. The van der Waals surface area contributed by atoms with E-state index in [2.05, 4.69) is 217 Å². The molecule has 2 nitrogen and oxygen atoms in total. The van der Waals surface area contributed by atoms with Gasteiger partial charge < -0.3 is 8.98 Å². The fraction of sp³-hybridized carbons (Fsp3) is 0. The zero-order valence-electron chi connectivity index (χ0n) is 31.6. The molecule has 12 aromatic rings. The number of para-hydroxylation sites is 3. The van der Waals surface area contributed by atoms with Crippen LogP contribution in [0.5, 0.6) is 0 Å². The summed E-state index contributed by atoms with van der Waals surface area (Å²) in [5, 5.41) is 9.70. The summed E-state index contributed by atoms with van der Waals surface area (Å²) in [6.07, 6.45) is 0. The Morgan fingerprint density at radius 1 is 0.276 bits per heavy atom. The first kappa shape index (κ1) is 32.6. The predicted molar refractivity (Wildman–Crippen MR) is 245 cm³/mol. The zero-order valence-corrected chi connectivity index (χ0v) is 31.6. The van der Waals surface area contributed by atoms with Crippen LogP contribution in [0.4, 0.5) is 0 Å². The summed E-state index contributed by atoms with van der Waals surface area (Å²) in [5.41, 5.74) is 14.7. The summed E-state index contributed by atoms with van der Waals surface area (Å²) in [5.74, 6) is 0. The van der Waals surface area contributed by atoms with Crippen LogP contribution in [0, 0.1) is 0 Å². The average Bonchev–Trinajstić information content (AvgIpc) is 3.84. The van der Waals surface area contributed by atoms with Crippen molar-refractivity contribution in [3.8, 4) is 50.2 Å². The van der Waals surface area contributed by atoms with Crippen LogP contribution in [-0.2, 0) is 0 Å². The van der Waals surface area contributed by atoms with E-state index in [9.17, 15) is 0 Å². The number of furan rings is 1. The van der Waals surface area contributed by atoms with Crippen LogP contribution < -0.4 is 0 Å². The molecule has 0 saturated carbocycles. The third kappa shape index (κ3) is 4.92. The summed E-state index contributed by atoms with van der Waals surface area (Å²) in [6.45, 7) is 0. The monoisotopic (exact) mass is 737 g/mol. The average molecular weight is 738 g/mol. The molecule has 0 radical (unpaired) electrons. The van der Waals surface area contributed by atoms with Gasteiger partial charge in [0.25, 0.3) is 0 Å². The van der Waals surface area contributed by atoms with Crippen molar-refractivity contribution in [2.75, 3.05) is 0 Å². The molecule has 2 aromatic heterocycles. The first-order chi connectivity index (χ1) is 28.8. The molecule has 0 unspecified atom stereocenters. The maximum Gasteiger partial charge on any atom is 0.143 e. The molecule has 10 aromatic carbocycles. The molecule has 58 heavy (non-hydrogen) atoms. The molecule has 0 aliphatic rings. The predicted octanol–water partition coefficient (Wildman–Crippen LogP) is 15.7. The minimum Gasteiger partial charge on any atom is -0.455 e. The van der Waals surface area contributed by atoms with Gasteiger partial charge >= 0.3 is 0 Å². The van der Waals surface area contributed by atoms with Crippen molar-refractivity contribution >= 4 is 65.3 Å². The van der Waals surface area contributed by atoms with E-state index >= 15 is 0 Å². The molecule has 0 atom stereocenters. The smallest absolute Gasteiger partial charge is 0.143 e. The lowest BCUT2D eigenvalue weighted by molar-refractivity contribution is 0.671. The van der Waals surface area contributed by atoms with Crippen LogP contribution in [0.25, 0.3) is 115 Å². The van der Waals surface area contributed by atoms with E-state index in [1.807, 2.05) is 0 Å². The first-order valence-electron chi connectivity index (χ1n) is 19.9. The van der Waals surface area contributed by atoms with Gasteiger partial charge in [0.1, 0.15) is 11.2 Å². The van der Waals surface area contributed by atoms with Crippen LogP contribution >= 0.6 is 0 Å². The van der Waals surface area contributed by atoms with Crippen molar-refractivity contribution in [2.24, 2.45) is 0 Å². The summed E-state index contributed by atoms with van der Waals surface area (Å²) in [7, 11) is 0. The van der Waals surface area contributed by atoms with Crippen molar-refractivity contribution in [3.05, 3.63) is 212 Å². The molecule has 0 amide bonds. The lowest BCUT2D eigenvalue weighted by Crippen LogP contribution is -1.96. The van der Waals surface area contributed by atoms with Gasteiger partial charge in [-0.2, -0.15) is 0 Å². The summed E-state index contributed by atoms with van der Waals surface area (Å²) in [6, 6.07) is 76.8. The lowest BCUT2D eigenvalue weighted by Gasteiger charge is -2.18. The van der Waals surface area contributed by atoms with Gasteiger partial charge in [-0.3, -0.25) is 0 Å². The highest BCUT2D eigenvalue weighted by atomic mass is 16.3. The molecule has 2 heterocycles. The van der Waals surface area contributed by atoms with Crippen LogP contribution in [-0.4, -0.2) is 4.57 Å². The van der Waals surface area contributed by atoms with Gasteiger partial charge in [0.15, 0.2) is 0 Å². The van der Waals surface area contributed by atoms with Crippen molar-refractivity contribution in [1.82, 2.24) is 4.57 Å². The Hall–Kier alpha value is -7.68. The lowest BCUT2D eigenvalue weighted by atomic mass is 9.86. The maximum atomic E-state index is 6.87. The van der Waals surface area contributed by atoms with E-state index in [0.717, 1.165) is 55.4 Å². The molecule has 0 fully saturated rings. The van der Waals surface area contributed by atoms with Crippen molar-refractivity contribution in [2.45, 2.75) is 0 Å². The quantitative estimate of drug-likeness (QED) is 0.161. The fourth-order valence-corrected chi connectivity index (χ4v) is 9.46. The number of rotatable bonds is 5. The Bertz CT molecular complexity index is 3500. The minimum absolute atomic E-state index is 0.905. The Morgan fingerprint density at radius 3 is 1.38 bits per heavy atom. The van der Waals surface area contributed by atoms with Gasteiger partial charge in [0, 0.05) is 38.4 Å². The molecule has 0 aliphatic heterocycles. The van der Waals surface area contributed by atoms with Gasteiger partial charge in [-0.25, -0.2) is 0 Å². The summed E-state index contributed by atoms with van der Waals surface area (Å²) < 4.78 is 9.31. The molecule has 270 valence electrons. The number of nitrogens with zero attached hydrogens (tertiary/aromatic N) is 1.